The van der Waals surface area contributed by atoms with Crippen LogP contribution in [0.5, 0.6) is 5.75 Å². The number of rotatable bonds is 3. The first-order valence-electron chi connectivity index (χ1n) is 4.37. The summed E-state index contributed by atoms with van der Waals surface area (Å²) in [6.45, 7) is 1.23. The van der Waals surface area contributed by atoms with Crippen LogP contribution >= 0.6 is 15.9 Å². The standard InChI is InChI=1S/C10H10BrNO2/c11-8-1-3-9(4-2-8)13-6-10-5-12-7-14-10/h1-4,7,10H,5-6H2/t10-/m0/s1. The topological polar surface area (TPSA) is 30.8 Å². The Labute approximate surface area is 90.9 Å². The Morgan fingerprint density at radius 1 is 1.43 bits per heavy atom. The maximum Gasteiger partial charge on any atom is 0.170 e. The van der Waals surface area contributed by atoms with E-state index in [0.717, 1.165) is 10.2 Å². The van der Waals surface area contributed by atoms with Crippen molar-refractivity contribution in [3.63, 3.8) is 0 Å². The molecule has 3 nitrogen and oxygen atoms in total. The van der Waals surface area contributed by atoms with Crippen LogP contribution in [0.15, 0.2) is 33.7 Å². The lowest BCUT2D eigenvalue weighted by Gasteiger charge is -2.10. The van der Waals surface area contributed by atoms with Crippen LogP contribution in [-0.4, -0.2) is 25.7 Å². The van der Waals surface area contributed by atoms with Crippen LogP contribution in [0.1, 0.15) is 0 Å². The van der Waals surface area contributed by atoms with Gasteiger partial charge in [0.15, 0.2) is 12.5 Å². The fraction of sp³-hybridized carbons (Fsp3) is 0.300. The van der Waals surface area contributed by atoms with Crippen molar-refractivity contribution in [3.8, 4) is 5.75 Å². The van der Waals surface area contributed by atoms with E-state index in [1.54, 1.807) is 0 Å². The van der Waals surface area contributed by atoms with Gasteiger partial charge >= 0.3 is 0 Å². The van der Waals surface area contributed by atoms with E-state index in [9.17, 15) is 0 Å². The maximum absolute atomic E-state index is 5.52. The highest BCUT2D eigenvalue weighted by molar-refractivity contribution is 9.10. The fourth-order valence-corrected chi connectivity index (χ4v) is 1.41. The summed E-state index contributed by atoms with van der Waals surface area (Å²) in [7, 11) is 0. The van der Waals surface area contributed by atoms with E-state index < -0.39 is 0 Å². The molecule has 1 atom stereocenters. The number of aliphatic imine (C=N–C) groups is 1. The lowest BCUT2D eigenvalue weighted by molar-refractivity contribution is 0.148. The quantitative estimate of drug-likeness (QED) is 0.830. The molecule has 14 heavy (non-hydrogen) atoms. The van der Waals surface area contributed by atoms with Crippen molar-refractivity contribution >= 4 is 22.3 Å². The highest BCUT2D eigenvalue weighted by Gasteiger charge is 2.12. The van der Waals surface area contributed by atoms with Gasteiger partial charge < -0.3 is 9.47 Å². The summed E-state index contributed by atoms with van der Waals surface area (Å²) in [4.78, 5) is 3.96. The fourth-order valence-electron chi connectivity index (χ4n) is 1.14. The average molecular weight is 256 g/mol. The van der Waals surface area contributed by atoms with Gasteiger partial charge in [-0.1, -0.05) is 15.9 Å². The van der Waals surface area contributed by atoms with Gasteiger partial charge in [0.05, 0.1) is 6.54 Å². The number of hydrogen-bond acceptors (Lipinski definition) is 3. The SMILES string of the molecule is Brc1ccc(OC[C@@H]2CN=CO2)cc1. The van der Waals surface area contributed by atoms with E-state index in [4.69, 9.17) is 9.47 Å². The lowest BCUT2D eigenvalue weighted by Crippen LogP contribution is -2.20. The lowest BCUT2D eigenvalue weighted by atomic mass is 10.3. The number of nitrogens with zero attached hydrogens (tertiary/aromatic N) is 1. The molecule has 74 valence electrons. The molecule has 1 aliphatic heterocycles. The predicted molar refractivity (Wildman–Crippen MR) is 57.9 cm³/mol. The highest BCUT2D eigenvalue weighted by Crippen LogP contribution is 2.16. The Hall–Kier alpha value is -1.03. The van der Waals surface area contributed by atoms with E-state index in [-0.39, 0.29) is 6.10 Å². The molecule has 1 aliphatic rings. The molecule has 0 bridgehead atoms. The van der Waals surface area contributed by atoms with Crippen LogP contribution in [0.4, 0.5) is 0 Å². The van der Waals surface area contributed by atoms with Crippen LogP contribution in [0.25, 0.3) is 0 Å². The summed E-state index contributed by atoms with van der Waals surface area (Å²) >= 11 is 3.36. The largest absolute Gasteiger partial charge is 0.490 e. The minimum absolute atomic E-state index is 0.0682. The maximum atomic E-state index is 5.52. The Bertz CT molecular complexity index is 315. The van der Waals surface area contributed by atoms with Crippen molar-refractivity contribution in [2.75, 3.05) is 13.2 Å². The van der Waals surface area contributed by atoms with Crippen LogP contribution in [-0.2, 0) is 4.74 Å². The van der Waals surface area contributed by atoms with E-state index in [0.29, 0.717) is 13.2 Å². The minimum Gasteiger partial charge on any atom is -0.490 e. The summed E-state index contributed by atoms with van der Waals surface area (Å²) in [5.74, 6) is 0.851. The highest BCUT2D eigenvalue weighted by atomic mass is 79.9. The zero-order chi connectivity index (χ0) is 9.80. The van der Waals surface area contributed by atoms with Gasteiger partial charge in [-0.15, -0.1) is 0 Å². The van der Waals surface area contributed by atoms with Crippen LogP contribution < -0.4 is 4.74 Å². The number of halogens is 1. The first-order chi connectivity index (χ1) is 6.84. The van der Waals surface area contributed by atoms with Crippen molar-refractivity contribution < 1.29 is 9.47 Å². The Balaban J connectivity index is 1.82. The average Bonchev–Trinajstić information content (AvgIpc) is 2.70. The zero-order valence-electron chi connectivity index (χ0n) is 7.52. The van der Waals surface area contributed by atoms with Gasteiger partial charge in [-0.3, -0.25) is 4.99 Å². The summed E-state index contributed by atoms with van der Waals surface area (Å²) in [6.07, 6.45) is 1.55. The van der Waals surface area contributed by atoms with Gasteiger partial charge in [0, 0.05) is 4.47 Å². The normalized spacial score (nSPS) is 19.4. The monoisotopic (exact) mass is 255 g/mol. The molecule has 0 fully saturated rings. The molecule has 4 heteroatoms. The first kappa shape index (κ1) is 9.52. The molecule has 0 spiro atoms. The molecular weight excluding hydrogens is 246 g/mol. The Morgan fingerprint density at radius 2 is 2.21 bits per heavy atom. The first-order valence-corrected chi connectivity index (χ1v) is 5.16. The molecule has 0 saturated heterocycles. The second-order valence-electron chi connectivity index (χ2n) is 2.99. The van der Waals surface area contributed by atoms with E-state index >= 15 is 0 Å². The molecule has 0 aliphatic carbocycles. The van der Waals surface area contributed by atoms with Gasteiger partial charge in [-0.25, -0.2) is 0 Å². The van der Waals surface area contributed by atoms with Crippen molar-refractivity contribution in [2.45, 2.75) is 6.10 Å². The van der Waals surface area contributed by atoms with Crippen molar-refractivity contribution in [1.82, 2.24) is 0 Å². The summed E-state index contributed by atoms with van der Waals surface area (Å²) in [5.41, 5.74) is 0. The van der Waals surface area contributed by atoms with Crippen molar-refractivity contribution in [1.29, 1.82) is 0 Å². The molecule has 2 rings (SSSR count). The molecule has 1 aromatic rings. The van der Waals surface area contributed by atoms with E-state index in [1.165, 1.54) is 6.40 Å². The molecular formula is C10H10BrNO2. The Morgan fingerprint density at radius 3 is 2.86 bits per heavy atom. The third-order valence-electron chi connectivity index (χ3n) is 1.89. The van der Waals surface area contributed by atoms with Crippen molar-refractivity contribution in [2.24, 2.45) is 4.99 Å². The van der Waals surface area contributed by atoms with Gasteiger partial charge in [0.1, 0.15) is 12.4 Å². The zero-order valence-corrected chi connectivity index (χ0v) is 9.11. The third-order valence-corrected chi connectivity index (χ3v) is 2.42. The molecule has 0 unspecified atom stereocenters. The van der Waals surface area contributed by atoms with Gasteiger partial charge in [-0.05, 0) is 24.3 Å². The summed E-state index contributed by atoms with van der Waals surface area (Å²) < 4.78 is 11.7. The summed E-state index contributed by atoms with van der Waals surface area (Å²) in [5, 5.41) is 0. The second kappa shape index (κ2) is 4.46. The smallest absolute Gasteiger partial charge is 0.170 e. The van der Waals surface area contributed by atoms with E-state index in [1.807, 2.05) is 24.3 Å². The third kappa shape index (κ3) is 2.48. The van der Waals surface area contributed by atoms with Crippen LogP contribution in [0.3, 0.4) is 0 Å². The van der Waals surface area contributed by atoms with Crippen LogP contribution in [0.2, 0.25) is 0 Å². The molecule has 1 heterocycles. The Kier molecular flexibility index (Phi) is 3.03. The molecule has 0 radical (unpaired) electrons. The summed E-state index contributed by atoms with van der Waals surface area (Å²) in [6, 6.07) is 7.72. The van der Waals surface area contributed by atoms with E-state index in [2.05, 4.69) is 20.9 Å². The number of benzene rings is 1. The molecule has 0 amide bonds. The van der Waals surface area contributed by atoms with Gasteiger partial charge in [-0.2, -0.15) is 0 Å². The predicted octanol–water partition coefficient (Wildman–Crippen LogP) is 2.25. The molecule has 0 aromatic heterocycles. The molecule has 0 N–H and O–H groups in total. The minimum atomic E-state index is 0.0682. The molecule has 0 saturated carbocycles. The number of hydrogen-bond donors (Lipinski definition) is 0. The van der Waals surface area contributed by atoms with Gasteiger partial charge in [0.2, 0.25) is 0 Å². The second-order valence-corrected chi connectivity index (χ2v) is 3.91. The number of ether oxygens (including phenoxy) is 2. The van der Waals surface area contributed by atoms with Crippen LogP contribution in [0, 0.1) is 0 Å². The molecule has 1 aromatic carbocycles. The van der Waals surface area contributed by atoms with Gasteiger partial charge in [0.25, 0.3) is 0 Å². The van der Waals surface area contributed by atoms with Crippen molar-refractivity contribution in [3.05, 3.63) is 28.7 Å².